The molecule has 172 valence electrons. The zero-order valence-corrected chi connectivity index (χ0v) is 19.0. The third kappa shape index (κ3) is 4.84. The molecule has 0 saturated carbocycles. The Kier molecular flexibility index (Phi) is 6.39. The maximum absolute atomic E-state index is 13.6. The van der Waals surface area contributed by atoms with Crippen LogP contribution in [0.15, 0.2) is 96.2 Å². The molecule has 0 radical (unpaired) electrons. The van der Waals surface area contributed by atoms with Gasteiger partial charge in [0.2, 0.25) is 0 Å². The number of rotatable bonds is 8. The number of hydrogen-bond donors (Lipinski definition) is 1. The lowest BCUT2D eigenvalue weighted by Gasteiger charge is -2.13. The van der Waals surface area contributed by atoms with Gasteiger partial charge in [-0.25, -0.2) is 9.97 Å². The summed E-state index contributed by atoms with van der Waals surface area (Å²) in [6, 6.07) is 23.3. The van der Waals surface area contributed by atoms with E-state index in [2.05, 4.69) is 20.3 Å². The second kappa shape index (κ2) is 10.1. The highest BCUT2D eigenvalue weighted by molar-refractivity contribution is 5.74. The van der Waals surface area contributed by atoms with Gasteiger partial charge in [0.25, 0.3) is 5.56 Å². The van der Waals surface area contributed by atoms with Crippen LogP contribution in [0.2, 0.25) is 0 Å². The summed E-state index contributed by atoms with van der Waals surface area (Å²) in [4.78, 5) is 37.4. The molecule has 0 bridgehead atoms. The molecule has 0 atom stereocenters. The van der Waals surface area contributed by atoms with Crippen LogP contribution in [0.4, 0.5) is 5.69 Å². The lowest BCUT2D eigenvalue weighted by Crippen LogP contribution is -2.25. The minimum Gasteiger partial charge on any atom is -0.385 e. The number of aldehydes is 1. The fraction of sp³-hybridized carbons (Fsp3) is 0.107. The number of aromatic nitrogens is 4. The van der Waals surface area contributed by atoms with E-state index in [1.54, 1.807) is 23.2 Å². The SMILES string of the molecule is O=CCCNc1ccc(-c2cccc(-n3c(=O)c(Cc4cccnc4)nc4cccnc43)c2)cc1. The molecule has 3 heterocycles. The van der Waals surface area contributed by atoms with Gasteiger partial charge in [-0.1, -0.05) is 30.3 Å². The fourth-order valence-corrected chi connectivity index (χ4v) is 4.00. The summed E-state index contributed by atoms with van der Waals surface area (Å²) in [7, 11) is 0. The van der Waals surface area contributed by atoms with Crippen LogP contribution in [0.5, 0.6) is 0 Å². The average Bonchev–Trinajstić information content (AvgIpc) is 2.90. The number of nitrogens with one attached hydrogen (secondary N) is 1. The monoisotopic (exact) mass is 461 g/mol. The number of hydrogen-bond acceptors (Lipinski definition) is 6. The van der Waals surface area contributed by atoms with Gasteiger partial charge in [-0.05, 0) is 59.2 Å². The minimum absolute atomic E-state index is 0.202. The van der Waals surface area contributed by atoms with E-state index in [1.807, 2.05) is 72.8 Å². The highest BCUT2D eigenvalue weighted by Gasteiger charge is 2.15. The summed E-state index contributed by atoms with van der Waals surface area (Å²) >= 11 is 0. The van der Waals surface area contributed by atoms with Crippen molar-refractivity contribution in [3.63, 3.8) is 0 Å². The van der Waals surface area contributed by atoms with E-state index in [9.17, 15) is 9.59 Å². The van der Waals surface area contributed by atoms with E-state index in [0.717, 1.165) is 34.4 Å². The molecule has 7 heteroatoms. The summed E-state index contributed by atoms with van der Waals surface area (Å²) < 4.78 is 1.63. The predicted octanol–water partition coefficient (Wildman–Crippen LogP) is 4.43. The summed E-state index contributed by atoms with van der Waals surface area (Å²) in [5.41, 5.74) is 5.99. The van der Waals surface area contributed by atoms with Crippen molar-refractivity contribution in [3.05, 3.63) is 113 Å². The van der Waals surface area contributed by atoms with Crippen LogP contribution in [-0.2, 0) is 11.2 Å². The van der Waals surface area contributed by atoms with E-state index < -0.39 is 0 Å². The lowest BCUT2D eigenvalue weighted by atomic mass is 10.0. The Hall–Kier alpha value is -4.65. The standard InChI is InChI=1S/C28H23N5O2/c34-16-4-15-30-23-11-9-21(10-12-23)22-6-1-7-24(18-22)33-27-25(8-3-14-31-27)32-26(28(33)35)17-20-5-2-13-29-19-20/h1-3,5-14,16,18-19,30H,4,15,17H2. The van der Waals surface area contributed by atoms with Crippen molar-refractivity contribution in [2.24, 2.45) is 0 Å². The van der Waals surface area contributed by atoms with Crippen molar-refractivity contribution in [1.82, 2.24) is 19.5 Å². The average molecular weight is 462 g/mol. The molecule has 7 nitrogen and oxygen atoms in total. The smallest absolute Gasteiger partial charge is 0.278 e. The molecule has 2 aromatic carbocycles. The fourth-order valence-electron chi connectivity index (χ4n) is 4.00. The third-order valence-corrected chi connectivity index (χ3v) is 5.69. The second-order valence-corrected chi connectivity index (χ2v) is 8.09. The molecule has 3 aromatic heterocycles. The van der Waals surface area contributed by atoms with Gasteiger partial charge in [0, 0.05) is 43.7 Å². The summed E-state index contributed by atoms with van der Waals surface area (Å²) in [6.07, 6.45) is 6.87. The van der Waals surface area contributed by atoms with Gasteiger partial charge in [0.15, 0.2) is 5.65 Å². The van der Waals surface area contributed by atoms with Crippen molar-refractivity contribution >= 4 is 23.1 Å². The zero-order valence-electron chi connectivity index (χ0n) is 19.0. The third-order valence-electron chi connectivity index (χ3n) is 5.69. The molecule has 35 heavy (non-hydrogen) atoms. The molecule has 0 amide bonds. The lowest BCUT2D eigenvalue weighted by molar-refractivity contribution is -0.107. The van der Waals surface area contributed by atoms with Crippen LogP contribution in [0, 0.1) is 0 Å². The largest absolute Gasteiger partial charge is 0.385 e. The molecule has 0 unspecified atom stereocenters. The van der Waals surface area contributed by atoms with Crippen molar-refractivity contribution in [2.75, 3.05) is 11.9 Å². The maximum atomic E-state index is 13.6. The maximum Gasteiger partial charge on any atom is 0.278 e. The normalized spacial score (nSPS) is 10.9. The van der Waals surface area contributed by atoms with Crippen LogP contribution in [0.25, 0.3) is 28.0 Å². The number of fused-ring (bicyclic) bond motifs is 1. The van der Waals surface area contributed by atoms with Crippen LogP contribution < -0.4 is 10.9 Å². The molecule has 5 rings (SSSR count). The first-order chi connectivity index (χ1) is 17.2. The Morgan fingerprint density at radius 3 is 2.57 bits per heavy atom. The number of nitrogens with zero attached hydrogens (tertiary/aromatic N) is 4. The molecule has 1 N–H and O–H groups in total. The van der Waals surface area contributed by atoms with Gasteiger partial charge < -0.3 is 10.1 Å². The quantitative estimate of drug-likeness (QED) is 0.272. The van der Waals surface area contributed by atoms with Gasteiger partial charge in [-0.2, -0.15) is 0 Å². The molecule has 0 spiro atoms. The van der Waals surface area contributed by atoms with Gasteiger partial charge in [-0.3, -0.25) is 14.3 Å². The Labute approximate surface area is 202 Å². The molecular weight excluding hydrogens is 438 g/mol. The van der Waals surface area contributed by atoms with Gasteiger partial charge in [-0.15, -0.1) is 0 Å². The first kappa shape index (κ1) is 22.2. The summed E-state index contributed by atoms with van der Waals surface area (Å²) in [6.45, 7) is 0.602. The summed E-state index contributed by atoms with van der Waals surface area (Å²) in [5.74, 6) is 0. The number of pyridine rings is 2. The van der Waals surface area contributed by atoms with Crippen LogP contribution in [0.3, 0.4) is 0 Å². The van der Waals surface area contributed by atoms with Crippen molar-refractivity contribution in [3.8, 4) is 16.8 Å². The van der Waals surface area contributed by atoms with Crippen molar-refractivity contribution in [1.29, 1.82) is 0 Å². The highest BCUT2D eigenvalue weighted by Crippen LogP contribution is 2.24. The van der Waals surface area contributed by atoms with E-state index >= 15 is 0 Å². The van der Waals surface area contributed by atoms with E-state index in [0.29, 0.717) is 36.2 Å². The zero-order chi connectivity index (χ0) is 24.0. The van der Waals surface area contributed by atoms with Crippen molar-refractivity contribution in [2.45, 2.75) is 12.8 Å². The van der Waals surface area contributed by atoms with Gasteiger partial charge in [0.05, 0.1) is 5.69 Å². The Bertz CT molecular complexity index is 1530. The minimum atomic E-state index is -0.202. The Morgan fingerprint density at radius 1 is 0.914 bits per heavy atom. The van der Waals surface area contributed by atoms with Crippen molar-refractivity contribution < 1.29 is 4.79 Å². The first-order valence-electron chi connectivity index (χ1n) is 11.4. The van der Waals surface area contributed by atoms with E-state index in [-0.39, 0.29) is 5.56 Å². The molecular formula is C28H23N5O2. The Balaban J connectivity index is 1.55. The first-order valence-corrected chi connectivity index (χ1v) is 11.4. The topological polar surface area (TPSA) is 89.8 Å². The molecule has 0 aliphatic carbocycles. The van der Waals surface area contributed by atoms with Crippen LogP contribution in [-0.4, -0.2) is 32.3 Å². The van der Waals surface area contributed by atoms with Gasteiger partial charge in [0.1, 0.15) is 17.5 Å². The second-order valence-electron chi connectivity index (χ2n) is 8.09. The van der Waals surface area contributed by atoms with Crippen LogP contribution in [0.1, 0.15) is 17.7 Å². The number of anilines is 1. The van der Waals surface area contributed by atoms with E-state index in [1.165, 1.54) is 0 Å². The van der Waals surface area contributed by atoms with E-state index in [4.69, 9.17) is 0 Å². The van der Waals surface area contributed by atoms with Crippen LogP contribution >= 0.6 is 0 Å². The number of carbonyl (C=O) groups excluding carboxylic acids is 1. The molecule has 5 aromatic rings. The number of benzene rings is 2. The molecule has 0 saturated heterocycles. The Morgan fingerprint density at radius 2 is 1.77 bits per heavy atom. The predicted molar refractivity (Wildman–Crippen MR) is 137 cm³/mol. The molecule has 0 aliphatic heterocycles. The number of carbonyl (C=O) groups is 1. The summed E-state index contributed by atoms with van der Waals surface area (Å²) in [5, 5.41) is 3.22. The van der Waals surface area contributed by atoms with Gasteiger partial charge >= 0.3 is 0 Å². The molecule has 0 fully saturated rings. The molecule has 0 aliphatic rings. The highest BCUT2D eigenvalue weighted by atomic mass is 16.1.